The molecular formula is C13H21Cl2N3. The lowest BCUT2D eigenvalue weighted by Gasteiger charge is -2.15. The maximum Gasteiger partial charge on any atom is 0.0271 e. The molecule has 1 saturated heterocycles. The van der Waals surface area contributed by atoms with E-state index in [1.807, 2.05) is 12.4 Å². The van der Waals surface area contributed by atoms with Crippen molar-refractivity contribution in [3.8, 4) is 0 Å². The fraction of sp³-hybridized carbons (Fsp3) is 0.615. The molecule has 1 aliphatic carbocycles. The molecule has 0 amide bonds. The maximum atomic E-state index is 6.21. The van der Waals surface area contributed by atoms with Crippen LogP contribution < -0.4 is 5.73 Å². The highest BCUT2D eigenvalue weighted by molar-refractivity contribution is 5.85. The van der Waals surface area contributed by atoms with Gasteiger partial charge in [-0.3, -0.25) is 9.88 Å². The summed E-state index contributed by atoms with van der Waals surface area (Å²) in [5.41, 5.74) is 7.56. The molecule has 0 radical (unpaired) electrons. The topological polar surface area (TPSA) is 42.1 Å². The van der Waals surface area contributed by atoms with E-state index in [2.05, 4.69) is 22.0 Å². The lowest BCUT2D eigenvalue weighted by molar-refractivity contribution is 0.309. The molecule has 2 atom stereocenters. The first-order valence-corrected chi connectivity index (χ1v) is 6.20. The van der Waals surface area contributed by atoms with Gasteiger partial charge in [-0.2, -0.15) is 0 Å². The minimum atomic E-state index is 0. The van der Waals surface area contributed by atoms with Crippen LogP contribution in [0, 0.1) is 11.8 Å². The minimum absolute atomic E-state index is 0. The zero-order valence-corrected chi connectivity index (χ0v) is 12.0. The van der Waals surface area contributed by atoms with E-state index in [-0.39, 0.29) is 24.8 Å². The fourth-order valence-electron chi connectivity index (χ4n) is 2.84. The molecule has 0 bridgehead atoms. The number of aromatic nitrogens is 1. The average molecular weight is 290 g/mol. The number of rotatable bonds is 3. The predicted octanol–water partition coefficient (Wildman–Crippen LogP) is 2.09. The minimum Gasteiger partial charge on any atom is -0.326 e. The van der Waals surface area contributed by atoms with Crippen LogP contribution in [0.1, 0.15) is 18.4 Å². The number of nitrogens with zero attached hydrogens (tertiary/aromatic N) is 2. The standard InChI is InChI=1S/C13H19N3.2ClH/c14-13-9-16(8-12(13)11-1-2-11)7-10-3-5-15-6-4-10;;/h3-6,11-13H,1-2,7-9,14H2;2*1H/t12-,13+;;/m1../s1. The van der Waals surface area contributed by atoms with Crippen LogP contribution in [-0.2, 0) is 6.54 Å². The van der Waals surface area contributed by atoms with E-state index in [0.717, 1.165) is 24.9 Å². The van der Waals surface area contributed by atoms with E-state index in [0.29, 0.717) is 6.04 Å². The smallest absolute Gasteiger partial charge is 0.0271 e. The molecular weight excluding hydrogens is 269 g/mol. The summed E-state index contributed by atoms with van der Waals surface area (Å²) in [5.74, 6) is 1.68. The molecule has 5 heteroatoms. The average Bonchev–Trinajstić information content (AvgIpc) is 3.06. The Labute approximate surface area is 121 Å². The molecule has 2 heterocycles. The van der Waals surface area contributed by atoms with Crippen molar-refractivity contribution in [3.05, 3.63) is 30.1 Å². The van der Waals surface area contributed by atoms with Crippen molar-refractivity contribution in [2.24, 2.45) is 17.6 Å². The van der Waals surface area contributed by atoms with Gasteiger partial charge in [0, 0.05) is 38.1 Å². The zero-order valence-electron chi connectivity index (χ0n) is 10.4. The van der Waals surface area contributed by atoms with E-state index < -0.39 is 0 Å². The van der Waals surface area contributed by atoms with Crippen LogP contribution in [0.3, 0.4) is 0 Å². The van der Waals surface area contributed by atoms with Gasteiger partial charge in [0.25, 0.3) is 0 Å². The summed E-state index contributed by atoms with van der Waals surface area (Å²) in [6, 6.07) is 4.58. The summed E-state index contributed by atoms with van der Waals surface area (Å²) < 4.78 is 0. The molecule has 0 unspecified atom stereocenters. The number of pyridine rings is 1. The molecule has 18 heavy (non-hydrogen) atoms. The highest BCUT2D eigenvalue weighted by Crippen LogP contribution is 2.41. The Balaban J connectivity index is 0.000000810. The summed E-state index contributed by atoms with van der Waals surface area (Å²) in [7, 11) is 0. The second-order valence-electron chi connectivity index (χ2n) is 5.21. The SMILES string of the molecule is Cl.Cl.N[C@H]1CN(Cc2ccncc2)C[C@@H]1C1CC1. The molecule has 102 valence electrons. The van der Waals surface area contributed by atoms with Gasteiger partial charge < -0.3 is 5.73 Å². The number of nitrogens with two attached hydrogens (primary N) is 1. The molecule has 1 aliphatic heterocycles. The number of hydrogen-bond donors (Lipinski definition) is 1. The van der Waals surface area contributed by atoms with Gasteiger partial charge in [0.1, 0.15) is 0 Å². The molecule has 2 aliphatic rings. The van der Waals surface area contributed by atoms with Gasteiger partial charge in [0.05, 0.1) is 0 Å². The molecule has 3 nitrogen and oxygen atoms in total. The molecule has 1 aromatic heterocycles. The van der Waals surface area contributed by atoms with Crippen molar-refractivity contribution in [2.75, 3.05) is 13.1 Å². The summed E-state index contributed by atoms with van der Waals surface area (Å²) in [6.07, 6.45) is 6.54. The summed E-state index contributed by atoms with van der Waals surface area (Å²) >= 11 is 0. The van der Waals surface area contributed by atoms with E-state index >= 15 is 0 Å². The Hall–Kier alpha value is -0.350. The fourth-order valence-corrected chi connectivity index (χ4v) is 2.84. The zero-order chi connectivity index (χ0) is 11.0. The van der Waals surface area contributed by atoms with Crippen LogP contribution in [0.15, 0.2) is 24.5 Å². The van der Waals surface area contributed by atoms with E-state index in [9.17, 15) is 0 Å². The normalized spacial score (nSPS) is 27.4. The van der Waals surface area contributed by atoms with Crippen LogP contribution in [-0.4, -0.2) is 29.0 Å². The van der Waals surface area contributed by atoms with Gasteiger partial charge in [0.2, 0.25) is 0 Å². The van der Waals surface area contributed by atoms with Crippen LogP contribution in [0.25, 0.3) is 0 Å². The molecule has 1 saturated carbocycles. The molecule has 2 N–H and O–H groups in total. The van der Waals surface area contributed by atoms with Crippen molar-refractivity contribution >= 4 is 24.8 Å². The third kappa shape index (κ3) is 3.58. The molecule has 0 spiro atoms. The number of likely N-dealkylation sites (tertiary alicyclic amines) is 1. The number of halogens is 2. The predicted molar refractivity (Wildman–Crippen MR) is 78.2 cm³/mol. The highest BCUT2D eigenvalue weighted by atomic mass is 35.5. The van der Waals surface area contributed by atoms with E-state index in [1.165, 1.54) is 24.9 Å². The molecule has 2 fully saturated rings. The molecule has 3 rings (SSSR count). The van der Waals surface area contributed by atoms with Gasteiger partial charge in [-0.15, -0.1) is 24.8 Å². The van der Waals surface area contributed by atoms with Crippen LogP contribution in [0.5, 0.6) is 0 Å². The lowest BCUT2D eigenvalue weighted by atomic mass is 9.99. The Morgan fingerprint density at radius 1 is 1.17 bits per heavy atom. The van der Waals surface area contributed by atoms with E-state index in [1.54, 1.807) is 0 Å². The maximum absolute atomic E-state index is 6.21. The first-order chi connectivity index (χ1) is 7.83. The van der Waals surface area contributed by atoms with Crippen molar-refractivity contribution in [2.45, 2.75) is 25.4 Å². The largest absolute Gasteiger partial charge is 0.326 e. The van der Waals surface area contributed by atoms with Gasteiger partial charge in [0.15, 0.2) is 0 Å². The monoisotopic (exact) mass is 289 g/mol. The van der Waals surface area contributed by atoms with Crippen molar-refractivity contribution < 1.29 is 0 Å². The van der Waals surface area contributed by atoms with Gasteiger partial charge in [-0.1, -0.05) is 0 Å². The van der Waals surface area contributed by atoms with Crippen LogP contribution >= 0.6 is 24.8 Å². The van der Waals surface area contributed by atoms with Gasteiger partial charge in [-0.25, -0.2) is 0 Å². The summed E-state index contributed by atoms with van der Waals surface area (Å²) in [4.78, 5) is 6.53. The second-order valence-corrected chi connectivity index (χ2v) is 5.21. The highest BCUT2D eigenvalue weighted by Gasteiger charge is 2.40. The van der Waals surface area contributed by atoms with Crippen LogP contribution in [0.2, 0.25) is 0 Å². The van der Waals surface area contributed by atoms with Crippen molar-refractivity contribution in [1.82, 2.24) is 9.88 Å². The summed E-state index contributed by atoms with van der Waals surface area (Å²) in [6.45, 7) is 3.27. The van der Waals surface area contributed by atoms with Gasteiger partial charge in [-0.05, 0) is 42.4 Å². The van der Waals surface area contributed by atoms with Gasteiger partial charge >= 0.3 is 0 Å². The summed E-state index contributed by atoms with van der Waals surface area (Å²) in [5, 5.41) is 0. The Morgan fingerprint density at radius 2 is 1.83 bits per heavy atom. The van der Waals surface area contributed by atoms with E-state index in [4.69, 9.17) is 5.73 Å². The second kappa shape index (κ2) is 6.71. The lowest BCUT2D eigenvalue weighted by Crippen LogP contribution is -2.30. The Bertz CT molecular complexity index is 357. The van der Waals surface area contributed by atoms with Crippen LogP contribution in [0.4, 0.5) is 0 Å². The third-order valence-electron chi connectivity index (χ3n) is 3.87. The first kappa shape index (κ1) is 15.7. The quantitative estimate of drug-likeness (QED) is 0.927. The van der Waals surface area contributed by atoms with Crippen molar-refractivity contribution in [1.29, 1.82) is 0 Å². The first-order valence-electron chi connectivity index (χ1n) is 6.20. The Morgan fingerprint density at radius 3 is 2.44 bits per heavy atom. The Kier molecular flexibility index (Phi) is 5.86. The molecule has 1 aromatic rings. The third-order valence-corrected chi connectivity index (χ3v) is 3.87. The molecule has 0 aromatic carbocycles. The van der Waals surface area contributed by atoms with Crippen molar-refractivity contribution in [3.63, 3.8) is 0 Å². The number of hydrogen-bond acceptors (Lipinski definition) is 3.